The topological polar surface area (TPSA) is 64.6 Å². The third-order valence-electron chi connectivity index (χ3n) is 9.69. The minimum Gasteiger partial charge on any atom is -0.490 e. The molecule has 4 aliphatic carbocycles. The van der Waals surface area contributed by atoms with Crippen LogP contribution < -0.4 is 10.1 Å². The number of carbonyl (C=O) groups excluding carboxylic acids is 2. The Bertz CT molecular complexity index is 1180. The minimum absolute atomic E-state index is 0. The number of hydrogen-bond donors (Lipinski definition) is 1. The fraction of sp³-hybridized carbons (Fsp3) is 0.632. The smallest absolute Gasteiger partial charge is 0.253 e. The Morgan fingerprint density at radius 2 is 1.64 bits per heavy atom. The molecule has 1 spiro atoms. The van der Waals surface area contributed by atoms with Gasteiger partial charge in [-0.15, -0.1) is 0 Å². The van der Waals surface area contributed by atoms with E-state index in [-0.39, 0.29) is 33.3 Å². The summed E-state index contributed by atoms with van der Waals surface area (Å²) in [6.07, 6.45) is 19.1. The second kappa shape index (κ2) is 18.3. The average molecular weight is 614 g/mol. The molecule has 1 amide bonds. The summed E-state index contributed by atoms with van der Waals surface area (Å²) in [5.74, 6) is 1.44. The van der Waals surface area contributed by atoms with E-state index in [4.69, 9.17) is 14.3 Å². The summed E-state index contributed by atoms with van der Waals surface area (Å²) in [5, 5.41) is 2.76. The highest BCUT2D eigenvalue weighted by atomic mass is 19.1. The highest BCUT2D eigenvalue weighted by molar-refractivity contribution is 6.02. The maximum absolute atomic E-state index is 14.9. The number of methoxy groups -OCH3 is 1. The van der Waals surface area contributed by atoms with Crippen molar-refractivity contribution in [1.82, 2.24) is 5.32 Å². The minimum atomic E-state index is -0.248. The summed E-state index contributed by atoms with van der Waals surface area (Å²) in [6.45, 7) is 7.98. The molecule has 2 aromatic rings. The van der Waals surface area contributed by atoms with E-state index in [1.54, 1.807) is 37.8 Å². The number of hydrogen-bond acceptors (Lipinski definition) is 4. The third kappa shape index (κ3) is 9.39. The van der Waals surface area contributed by atoms with Gasteiger partial charge in [-0.25, -0.2) is 4.39 Å². The lowest BCUT2D eigenvalue weighted by Gasteiger charge is -2.29. The molecule has 1 atom stereocenters. The molecular formula is C38H60FNO4. The van der Waals surface area contributed by atoms with Crippen molar-refractivity contribution in [2.45, 2.75) is 130 Å². The van der Waals surface area contributed by atoms with Crippen LogP contribution in [0.15, 0.2) is 36.4 Å². The summed E-state index contributed by atoms with van der Waals surface area (Å²) in [7, 11) is 1.53. The number of amides is 1. The Hall–Kier alpha value is -2.73. The fourth-order valence-corrected chi connectivity index (χ4v) is 7.46. The molecule has 44 heavy (non-hydrogen) atoms. The van der Waals surface area contributed by atoms with Crippen LogP contribution in [0.2, 0.25) is 0 Å². The number of aldehydes is 1. The van der Waals surface area contributed by atoms with Gasteiger partial charge in [-0.2, -0.15) is 0 Å². The summed E-state index contributed by atoms with van der Waals surface area (Å²) in [5.41, 5.74) is 3.52. The molecule has 0 aliphatic heterocycles. The van der Waals surface area contributed by atoms with Crippen molar-refractivity contribution >= 4 is 12.2 Å². The summed E-state index contributed by atoms with van der Waals surface area (Å²) in [4.78, 5) is 21.7. The normalized spacial score (nSPS) is 20.3. The highest BCUT2D eigenvalue weighted by Gasteiger charge is 2.39. The van der Waals surface area contributed by atoms with Crippen molar-refractivity contribution in [3.05, 3.63) is 53.3 Å². The van der Waals surface area contributed by atoms with Crippen LogP contribution in [-0.4, -0.2) is 32.1 Å². The van der Waals surface area contributed by atoms with Gasteiger partial charge in [0.15, 0.2) is 0 Å². The molecule has 6 heteroatoms. The van der Waals surface area contributed by atoms with E-state index in [2.05, 4.69) is 12.2 Å². The predicted molar refractivity (Wildman–Crippen MR) is 182 cm³/mol. The largest absolute Gasteiger partial charge is 0.490 e. The highest BCUT2D eigenvalue weighted by Crippen LogP contribution is 2.52. The van der Waals surface area contributed by atoms with Crippen molar-refractivity contribution < 1.29 is 26.3 Å². The van der Waals surface area contributed by atoms with Crippen LogP contribution >= 0.6 is 0 Å². The zero-order valence-corrected chi connectivity index (χ0v) is 27.9. The lowest BCUT2D eigenvalue weighted by Crippen LogP contribution is -2.26. The first-order chi connectivity index (χ1) is 21.4. The molecule has 1 unspecified atom stereocenters. The number of rotatable bonds is 7. The maximum atomic E-state index is 14.9. The van der Waals surface area contributed by atoms with Crippen LogP contribution in [0.3, 0.4) is 0 Å². The number of ether oxygens (including phenoxy) is 2. The van der Waals surface area contributed by atoms with Crippen molar-refractivity contribution in [3.63, 3.8) is 0 Å². The second-order valence-electron chi connectivity index (χ2n) is 12.8. The molecule has 4 saturated carbocycles. The lowest BCUT2D eigenvalue weighted by molar-refractivity contribution is -0.106. The Morgan fingerprint density at radius 3 is 2.20 bits per heavy atom. The zero-order valence-electron chi connectivity index (χ0n) is 27.9. The molecule has 1 N–H and O–H groups in total. The Morgan fingerprint density at radius 1 is 0.977 bits per heavy atom. The van der Waals surface area contributed by atoms with E-state index < -0.39 is 0 Å². The predicted octanol–water partition coefficient (Wildman–Crippen LogP) is 10.5. The van der Waals surface area contributed by atoms with Crippen LogP contribution in [0.4, 0.5) is 4.39 Å². The molecular weight excluding hydrogens is 553 g/mol. The van der Waals surface area contributed by atoms with E-state index in [0.717, 1.165) is 68.1 Å². The van der Waals surface area contributed by atoms with Crippen LogP contribution in [0.5, 0.6) is 5.75 Å². The molecule has 0 heterocycles. The molecule has 2 aromatic carbocycles. The molecule has 0 aromatic heterocycles. The van der Waals surface area contributed by atoms with Gasteiger partial charge in [0.1, 0.15) is 24.6 Å². The Kier molecular flexibility index (Phi) is 14.9. The van der Waals surface area contributed by atoms with Crippen LogP contribution in [0.1, 0.15) is 142 Å². The van der Waals surface area contributed by atoms with E-state index in [9.17, 15) is 9.18 Å². The number of benzene rings is 2. The van der Waals surface area contributed by atoms with Crippen molar-refractivity contribution in [2.75, 3.05) is 13.8 Å². The van der Waals surface area contributed by atoms with Crippen molar-refractivity contribution in [2.24, 2.45) is 11.3 Å². The van der Waals surface area contributed by atoms with Crippen LogP contribution in [0, 0.1) is 17.2 Å². The lowest BCUT2D eigenvalue weighted by atomic mass is 9.76. The average Bonchev–Trinajstić information content (AvgIpc) is 3.77. The first-order valence-electron chi connectivity index (χ1n) is 17.2. The van der Waals surface area contributed by atoms with Crippen LogP contribution in [-0.2, 0) is 9.53 Å². The van der Waals surface area contributed by atoms with Gasteiger partial charge in [0.05, 0.1) is 11.7 Å². The van der Waals surface area contributed by atoms with Crippen molar-refractivity contribution in [3.8, 4) is 16.9 Å². The second-order valence-corrected chi connectivity index (χ2v) is 12.8. The summed E-state index contributed by atoms with van der Waals surface area (Å²) >= 11 is 0. The quantitative estimate of drug-likeness (QED) is 0.249. The fourth-order valence-electron chi connectivity index (χ4n) is 7.46. The van der Waals surface area contributed by atoms with Gasteiger partial charge in [0, 0.05) is 15.5 Å². The third-order valence-corrected chi connectivity index (χ3v) is 9.69. The van der Waals surface area contributed by atoms with Gasteiger partial charge >= 0.3 is 0 Å². The molecule has 0 bridgehead atoms. The molecule has 4 fully saturated rings. The number of halogens is 1. The van der Waals surface area contributed by atoms with Gasteiger partial charge in [-0.3, -0.25) is 4.79 Å². The molecule has 0 saturated heterocycles. The first kappa shape index (κ1) is 35.7. The maximum Gasteiger partial charge on any atom is 0.253 e. The van der Waals surface area contributed by atoms with E-state index >= 15 is 0 Å². The van der Waals surface area contributed by atoms with Gasteiger partial charge in [-0.05, 0) is 118 Å². The SMILES string of the molecule is CC.CC1CCC2(CCCC2)C1.CC=O.COCNC(=O)c1cccc(OC2CCCC2)c1-c1cccc(F)c1C1CCC1.[HH].[HH]. The summed E-state index contributed by atoms with van der Waals surface area (Å²) < 4.78 is 26.3. The van der Waals surface area contributed by atoms with Gasteiger partial charge in [-0.1, -0.05) is 64.7 Å². The van der Waals surface area contributed by atoms with E-state index in [1.165, 1.54) is 39.4 Å². The van der Waals surface area contributed by atoms with E-state index in [1.807, 2.05) is 32.0 Å². The van der Waals surface area contributed by atoms with Gasteiger partial charge in [0.2, 0.25) is 0 Å². The summed E-state index contributed by atoms with van der Waals surface area (Å²) in [6, 6.07) is 10.7. The number of nitrogens with one attached hydrogen (secondary N) is 1. The Balaban J connectivity index is 0.000000519. The van der Waals surface area contributed by atoms with Gasteiger partial charge < -0.3 is 19.6 Å². The molecule has 0 radical (unpaired) electrons. The molecule has 5 nitrogen and oxygen atoms in total. The van der Waals surface area contributed by atoms with Crippen molar-refractivity contribution in [1.29, 1.82) is 0 Å². The van der Waals surface area contributed by atoms with E-state index in [0.29, 0.717) is 22.4 Å². The molecule has 6 rings (SSSR count). The Labute approximate surface area is 268 Å². The first-order valence-corrected chi connectivity index (χ1v) is 17.2. The monoisotopic (exact) mass is 613 g/mol. The number of carbonyl (C=O) groups is 2. The van der Waals surface area contributed by atoms with Crippen LogP contribution in [0.25, 0.3) is 11.1 Å². The standard InChI is InChI=1S/C24H28FNO3.C10H18.C2H4O.C2H6.2H2/c1-28-15-26-24(27)19-12-6-14-21(29-17-9-2-3-10-17)23(19)18-11-5-13-20(25)22(18)16-7-4-8-16;1-9-4-7-10(8-9)5-2-3-6-10;1-2-3;1-2;;/h5-6,11-14,16-17H,2-4,7-10,15H2,1H3,(H,26,27);9H,2-8H2,1H3;2H,1H3;1-2H3;2*1H. The zero-order chi connectivity index (χ0) is 32.0. The molecule has 248 valence electrons. The molecule has 4 aliphatic rings. The van der Waals surface area contributed by atoms with Gasteiger partial charge in [0.25, 0.3) is 5.91 Å².